The lowest BCUT2D eigenvalue weighted by Gasteiger charge is -2.03. The molecule has 19 heavy (non-hydrogen) atoms. The zero-order chi connectivity index (χ0) is 13.8. The van der Waals surface area contributed by atoms with Crippen LogP contribution < -0.4 is 5.32 Å². The molecule has 0 unspecified atom stereocenters. The van der Waals surface area contributed by atoms with E-state index in [1.165, 1.54) is 10.4 Å². The van der Waals surface area contributed by atoms with E-state index in [0.717, 1.165) is 22.7 Å². The number of thiophene rings is 1. The molecule has 2 rings (SSSR count). The van der Waals surface area contributed by atoms with Crippen molar-refractivity contribution < 1.29 is 4.79 Å². The molecule has 3 nitrogen and oxygen atoms in total. The molecule has 2 heterocycles. The summed E-state index contributed by atoms with van der Waals surface area (Å²) >= 11 is 1.55. The predicted octanol–water partition coefficient (Wildman–Crippen LogP) is 3.25. The summed E-state index contributed by atoms with van der Waals surface area (Å²) in [4.78, 5) is 18.4. The number of rotatable bonds is 4. The molecule has 0 radical (unpaired) electrons. The smallest absolute Gasteiger partial charge is 0.261 e. The zero-order valence-electron chi connectivity index (χ0n) is 11.5. The Bertz CT molecular complexity index is 590. The molecule has 1 N–H and O–H groups in total. The lowest BCUT2D eigenvalue weighted by atomic mass is 10.2. The highest BCUT2D eigenvalue weighted by Crippen LogP contribution is 2.21. The molecule has 0 spiro atoms. The van der Waals surface area contributed by atoms with Crippen LogP contribution in [0.2, 0.25) is 0 Å². The molecule has 0 aromatic carbocycles. The van der Waals surface area contributed by atoms with E-state index in [9.17, 15) is 4.79 Å². The van der Waals surface area contributed by atoms with Crippen LogP contribution in [0, 0.1) is 13.8 Å². The number of amides is 1. The summed E-state index contributed by atoms with van der Waals surface area (Å²) in [7, 11) is 0. The normalized spacial score (nSPS) is 10.5. The van der Waals surface area contributed by atoms with Crippen LogP contribution in [0.25, 0.3) is 0 Å². The third-order valence-electron chi connectivity index (χ3n) is 3.00. The number of nitrogens with zero attached hydrogens (tertiary/aromatic N) is 1. The lowest BCUT2D eigenvalue weighted by Crippen LogP contribution is -2.22. The summed E-state index contributed by atoms with van der Waals surface area (Å²) in [5, 5.41) is 2.92. The first kappa shape index (κ1) is 13.7. The average molecular weight is 274 g/mol. The van der Waals surface area contributed by atoms with E-state index in [1.54, 1.807) is 11.3 Å². The third kappa shape index (κ3) is 3.41. The van der Waals surface area contributed by atoms with Crippen LogP contribution in [0.15, 0.2) is 24.3 Å². The van der Waals surface area contributed by atoms with Crippen molar-refractivity contribution in [1.29, 1.82) is 0 Å². The van der Waals surface area contributed by atoms with Crippen molar-refractivity contribution in [3.05, 3.63) is 51.0 Å². The van der Waals surface area contributed by atoms with Gasteiger partial charge in [0.1, 0.15) is 0 Å². The van der Waals surface area contributed by atoms with E-state index < -0.39 is 0 Å². The van der Waals surface area contributed by atoms with Gasteiger partial charge < -0.3 is 5.32 Å². The molecule has 0 fully saturated rings. The van der Waals surface area contributed by atoms with Crippen LogP contribution >= 0.6 is 11.3 Å². The molecule has 2 aromatic heterocycles. The average Bonchev–Trinajstić information content (AvgIpc) is 2.77. The highest BCUT2D eigenvalue weighted by molar-refractivity contribution is 7.14. The second-order valence-electron chi connectivity index (χ2n) is 4.50. The Balaban J connectivity index is 2.01. The van der Waals surface area contributed by atoms with E-state index in [4.69, 9.17) is 0 Å². The van der Waals surface area contributed by atoms with Crippen molar-refractivity contribution in [3.63, 3.8) is 0 Å². The molecule has 1 amide bonds. The lowest BCUT2D eigenvalue weighted by molar-refractivity contribution is 0.0954. The topological polar surface area (TPSA) is 42.0 Å². The number of aromatic nitrogens is 1. The molecule has 0 saturated carbocycles. The van der Waals surface area contributed by atoms with Crippen LogP contribution in [0.4, 0.5) is 0 Å². The minimum Gasteiger partial charge on any atom is -0.346 e. The van der Waals surface area contributed by atoms with Crippen molar-refractivity contribution in [2.45, 2.75) is 33.7 Å². The molecule has 0 aliphatic carbocycles. The number of pyridine rings is 1. The van der Waals surface area contributed by atoms with Crippen LogP contribution in [-0.4, -0.2) is 10.9 Å². The van der Waals surface area contributed by atoms with Gasteiger partial charge in [-0.1, -0.05) is 13.0 Å². The number of nitrogens with one attached hydrogen (secondary N) is 1. The molecule has 0 aliphatic rings. The van der Waals surface area contributed by atoms with Gasteiger partial charge in [-0.05, 0) is 44.0 Å². The quantitative estimate of drug-likeness (QED) is 0.930. The Morgan fingerprint density at radius 1 is 1.37 bits per heavy atom. The largest absolute Gasteiger partial charge is 0.346 e. The van der Waals surface area contributed by atoms with Gasteiger partial charge in [-0.2, -0.15) is 0 Å². The van der Waals surface area contributed by atoms with E-state index in [0.29, 0.717) is 6.54 Å². The van der Waals surface area contributed by atoms with E-state index in [2.05, 4.69) is 24.1 Å². The second kappa shape index (κ2) is 5.97. The number of carbonyl (C=O) groups is 1. The SMILES string of the molecule is CCc1cc(C(=O)NCc2cccc(C)n2)sc1C. The maximum Gasteiger partial charge on any atom is 0.261 e. The molecule has 2 aromatic rings. The van der Waals surface area contributed by atoms with Crippen molar-refractivity contribution in [1.82, 2.24) is 10.3 Å². The molecule has 100 valence electrons. The maximum atomic E-state index is 12.1. The summed E-state index contributed by atoms with van der Waals surface area (Å²) in [5.74, 6) is -0.0175. The van der Waals surface area contributed by atoms with Gasteiger partial charge in [-0.3, -0.25) is 9.78 Å². The summed E-state index contributed by atoms with van der Waals surface area (Å²) in [5.41, 5.74) is 3.10. The standard InChI is InChI=1S/C15H18N2OS/c1-4-12-8-14(19-11(12)3)15(18)16-9-13-7-5-6-10(2)17-13/h5-8H,4,9H2,1-3H3,(H,16,18). The fourth-order valence-electron chi connectivity index (χ4n) is 1.94. The van der Waals surface area contributed by atoms with Crippen molar-refractivity contribution in [2.75, 3.05) is 0 Å². The minimum absolute atomic E-state index is 0.0175. The van der Waals surface area contributed by atoms with Crippen molar-refractivity contribution in [2.24, 2.45) is 0 Å². The van der Waals surface area contributed by atoms with Crippen LogP contribution in [0.1, 0.15) is 38.4 Å². The van der Waals surface area contributed by atoms with E-state index in [-0.39, 0.29) is 5.91 Å². The first-order chi connectivity index (χ1) is 9.10. The van der Waals surface area contributed by atoms with Gasteiger partial charge in [0.05, 0.1) is 17.1 Å². The monoisotopic (exact) mass is 274 g/mol. The summed E-state index contributed by atoms with van der Waals surface area (Å²) < 4.78 is 0. The Morgan fingerprint density at radius 3 is 2.79 bits per heavy atom. The molecule has 0 bridgehead atoms. The second-order valence-corrected chi connectivity index (χ2v) is 5.75. The number of carbonyl (C=O) groups excluding carboxylic acids is 1. The third-order valence-corrected chi connectivity index (χ3v) is 4.09. The molecule has 0 aliphatic heterocycles. The van der Waals surface area contributed by atoms with Gasteiger partial charge in [0, 0.05) is 10.6 Å². The van der Waals surface area contributed by atoms with Crippen LogP contribution in [0.3, 0.4) is 0 Å². The summed E-state index contributed by atoms with van der Waals surface area (Å²) in [6.45, 7) is 6.58. The number of hydrogen-bond donors (Lipinski definition) is 1. The highest BCUT2D eigenvalue weighted by atomic mass is 32.1. The first-order valence-corrected chi connectivity index (χ1v) is 7.22. The van der Waals surface area contributed by atoms with Crippen molar-refractivity contribution in [3.8, 4) is 0 Å². The maximum absolute atomic E-state index is 12.1. The Labute approximate surface area is 117 Å². The van der Waals surface area contributed by atoms with Gasteiger partial charge in [0.2, 0.25) is 0 Å². The number of hydrogen-bond acceptors (Lipinski definition) is 3. The van der Waals surface area contributed by atoms with Crippen LogP contribution in [0.5, 0.6) is 0 Å². The Kier molecular flexibility index (Phi) is 4.32. The number of aryl methyl sites for hydroxylation is 3. The summed E-state index contributed by atoms with van der Waals surface area (Å²) in [6.07, 6.45) is 0.967. The van der Waals surface area contributed by atoms with E-state index in [1.807, 2.05) is 31.2 Å². The molecular formula is C15H18N2OS. The van der Waals surface area contributed by atoms with Gasteiger partial charge >= 0.3 is 0 Å². The molecule has 4 heteroatoms. The van der Waals surface area contributed by atoms with E-state index >= 15 is 0 Å². The van der Waals surface area contributed by atoms with Gasteiger partial charge in [0.25, 0.3) is 5.91 Å². The Morgan fingerprint density at radius 2 is 2.16 bits per heavy atom. The van der Waals surface area contributed by atoms with Gasteiger partial charge in [-0.15, -0.1) is 11.3 Å². The van der Waals surface area contributed by atoms with Gasteiger partial charge in [-0.25, -0.2) is 0 Å². The summed E-state index contributed by atoms with van der Waals surface area (Å²) in [6, 6.07) is 7.80. The Hall–Kier alpha value is -1.68. The first-order valence-electron chi connectivity index (χ1n) is 6.40. The zero-order valence-corrected chi connectivity index (χ0v) is 12.3. The van der Waals surface area contributed by atoms with Crippen LogP contribution in [-0.2, 0) is 13.0 Å². The van der Waals surface area contributed by atoms with Gasteiger partial charge in [0.15, 0.2) is 0 Å². The fourth-order valence-corrected chi connectivity index (χ4v) is 2.97. The fraction of sp³-hybridized carbons (Fsp3) is 0.333. The minimum atomic E-state index is -0.0175. The molecule has 0 saturated heterocycles. The predicted molar refractivity (Wildman–Crippen MR) is 78.6 cm³/mol. The molecular weight excluding hydrogens is 256 g/mol. The van der Waals surface area contributed by atoms with Crippen molar-refractivity contribution >= 4 is 17.2 Å². The highest BCUT2D eigenvalue weighted by Gasteiger charge is 2.11. The molecule has 0 atom stereocenters.